The first-order valence-electron chi connectivity index (χ1n) is 6.33. The first-order valence-corrected chi connectivity index (χ1v) is 6.71. The first-order chi connectivity index (χ1) is 10.9. The molecule has 2 aromatic rings. The molecule has 0 saturated carbocycles. The largest absolute Gasteiger partial charge is 0.506 e. The van der Waals surface area contributed by atoms with Crippen LogP contribution >= 0.6 is 11.6 Å². The predicted molar refractivity (Wildman–Crippen MR) is 80.7 cm³/mol. The molecule has 0 aliphatic rings. The van der Waals surface area contributed by atoms with Crippen LogP contribution in [0.1, 0.15) is 10.4 Å². The maximum absolute atomic E-state index is 12.3. The Bertz CT molecular complexity index is 725. The molecule has 0 aliphatic heterocycles. The zero-order valence-electron chi connectivity index (χ0n) is 11.8. The molecule has 0 atom stereocenters. The summed E-state index contributed by atoms with van der Waals surface area (Å²) in [7, 11) is 1.26. The van der Waals surface area contributed by atoms with E-state index in [1.807, 2.05) is 0 Å². The molecule has 0 heterocycles. The Balaban J connectivity index is 2.24. The lowest BCUT2D eigenvalue weighted by molar-refractivity contribution is -0.0512. The van der Waals surface area contributed by atoms with Crippen molar-refractivity contribution in [3.8, 4) is 17.2 Å². The van der Waals surface area contributed by atoms with Crippen molar-refractivity contribution in [2.45, 2.75) is 6.61 Å². The van der Waals surface area contributed by atoms with Crippen molar-refractivity contribution in [2.24, 2.45) is 0 Å². The van der Waals surface area contributed by atoms with Crippen molar-refractivity contribution in [1.29, 1.82) is 0 Å². The zero-order chi connectivity index (χ0) is 17.0. The molecular weight excluding hydrogens is 332 g/mol. The fourth-order valence-corrected chi connectivity index (χ4v) is 1.98. The van der Waals surface area contributed by atoms with Gasteiger partial charge in [0.1, 0.15) is 5.75 Å². The average Bonchev–Trinajstić information content (AvgIpc) is 2.50. The number of methoxy groups -OCH3 is 1. The van der Waals surface area contributed by atoms with Crippen LogP contribution in [0.4, 0.5) is 14.5 Å². The van der Waals surface area contributed by atoms with E-state index in [9.17, 15) is 18.7 Å². The van der Waals surface area contributed by atoms with E-state index in [1.165, 1.54) is 43.5 Å². The molecule has 0 saturated heterocycles. The van der Waals surface area contributed by atoms with Gasteiger partial charge in [-0.2, -0.15) is 8.78 Å². The van der Waals surface area contributed by atoms with Crippen molar-refractivity contribution >= 4 is 23.2 Å². The molecule has 0 spiro atoms. The summed E-state index contributed by atoms with van der Waals surface area (Å²) in [5, 5.41) is 12.5. The third kappa shape index (κ3) is 4.23. The molecule has 0 aliphatic carbocycles. The van der Waals surface area contributed by atoms with Crippen molar-refractivity contribution in [3.63, 3.8) is 0 Å². The van der Waals surface area contributed by atoms with Crippen molar-refractivity contribution in [3.05, 3.63) is 47.0 Å². The Morgan fingerprint density at radius 3 is 2.61 bits per heavy atom. The first kappa shape index (κ1) is 16.8. The highest BCUT2D eigenvalue weighted by Crippen LogP contribution is 2.31. The molecule has 1 amide bonds. The molecule has 0 bridgehead atoms. The third-order valence-corrected chi connectivity index (χ3v) is 3.08. The number of alkyl halides is 2. The number of benzene rings is 2. The smallest absolute Gasteiger partial charge is 0.387 e. The Kier molecular flexibility index (Phi) is 5.23. The van der Waals surface area contributed by atoms with E-state index in [-0.39, 0.29) is 28.5 Å². The van der Waals surface area contributed by atoms with Crippen LogP contribution in [0, 0.1) is 0 Å². The summed E-state index contributed by atoms with van der Waals surface area (Å²) in [6.45, 7) is -3.01. The summed E-state index contributed by atoms with van der Waals surface area (Å²) in [6, 6.07) is 7.90. The number of hydrogen-bond acceptors (Lipinski definition) is 4. The molecule has 0 aromatic heterocycles. The number of phenolic OH excluding ortho intramolecular Hbond substituents is 1. The second-order valence-corrected chi connectivity index (χ2v) is 4.80. The fourth-order valence-electron chi connectivity index (χ4n) is 1.81. The number of aromatic hydroxyl groups is 1. The van der Waals surface area contributed by atoms with E-state index in [0.29, 0.717) is 5.02 Å². The van der Waals surface area contributed by atoms with Gasteiger partial charge in [0.25, 0.3) is 5.91 Å². The lowest BCUT2D eigenvalue weighted by Gasteiger charge is -2.12. The number of nitrogens with one attached hydrogen (secondary N) is 1. The van der Waals surface area contributed by atoms with Gasteiger partial charge in [0, 0.05) is 10.6 Å². The lowest BCUT2D eigenvalue weighted by atomic mass is 10.1. The number of carbonyl (C=O) groups is 1. The molecule has 0 fully saturated rings. The minimum Gasteiger partial charge on any atom is -0.506 e. The number of anilines is 1. The minimum atomic E-state index is -3.01. The minimum absolute atomic E-state index is 0.0201. The molecule has 0 radical (unpaired) electrons. The van der Waals surface area contributed by atoms with Crippen LogP contribution in [0.3, 0.4) is 0 Å². The number of rotatable bonds is 5. The zero-order valence-corrected chi connectivity index (χ0v) is 12.6. The second kappa shape index (κ2) is 7.15. The SMILES string of the molecule is COc1cc(C(=O)Nc2cc(Cl)ccc2O)ccc1OC(F)F. The molecule has 23 heavy (non-hydrogen) atoms. The number of hydrogen-bond donors (Lipinski definition) is 2. The van der Waals surface area contributed by atoms with E-state index in [2.05, 4.69) is 10.1 Å². The highest BCUT2D eigenvalue weighted by Gasteiger charge is 2.15. The molecular formula is C15H12ClF2NO4. The number of carbonyl (C=O) groups excluding carboxylic acids is 1. The van der Waals surface area contributed by atoms with E-state index in [4.69, 9.17) is 16.3 Å². The Morgan fingerprint density at radius 2 is 1.96 bits per heavy atom. The van der Waals surface area contributed by atoms with E-state index >= 15 is 0 Å². The van der Waals surface area contributed by atoms with Crippen LogP contribution in [-0.2, 0) is 0 Å². The summed E-state index contributed by atoms with van der Waals surface area (Å²) in [4.78, 5) is 12.2. The summed E-state index contributed by atoms with van der Waals surface area (Å²) in [5.41, 5.74) is 0.247. The summed E-state index contributed by atoms with van der Waals surface area (Å²) in [5.74, 6) is -0.949. The molecule has 2 aromatic carbocycles. The highest BCUT2D eigenvalue weighted by atomic mass is 35.5. The van der Waals surface area contributed by atoms with Gasteiger partial charge in [-0.1, -0.05) is 11.6 Å². The second-order valence-electron chi connectivity index (χ2n) is 4.36. The molecule has 2 N–H and O–H groups in total. The van der Waals surface area contributed by atoms with Crippen molar-refractivity contribution in [1.82, 2.24) is 0 Å². The van der Waals surface area contributed by atoms with Gasteiger partial charge in [-0.25, -0.2) is 0 Å². The molecule has 5 nitrogen and oxygen atoms in total. The highest BCUT2D eigenvalue weighted by molar-refractivity contribution is 6.31. The van der Waals surface area contributed by atoms with Gasteiger partial charge in [-0.05, 0) is 36.4 Å². The average molecular weight is 344 g/mol. The number of ether oxygens (including phenoxy) is 2. The van der Waals surface area contributed by atoms with Crippen LogP contribution in [0.2, 0.25) is 5.02 Å². The van der Waals surface area contributed by atoms with Crippen LogP contribution < -0.4 is 14.8 Å². The van der Waals surface area contributed by atoms with Gasteiger partial charge in [0.15, 0.2) is 11.5 Å². The van der Waals surface area contributed by atoms with Gasteiger partial charge in [0.05, 0.1) is 12.8 Å². The third-order valence-electron chi connectivity index (χ3n) is 2.85. The Morgan fingerprint density at radius 1 is 1.22 bits per heavy atom. The quantitative estimate of drug-likeness (QED) is 0.808. The molecule has 8 heteroatoms. The monoisotopic (exact) mass is 343 g/mol. The molecule has 122 valence electrons. The van der Waals surface area contributed by atoms with Gasteiger partial charge in [-0.15, -0.1) is 0 Å². The van der Waals surface area contributed by atoms with Crippen molar-refractivity contribution < 1.29 is 28.2 Å². The Hall–Kier alpha value is -2.54. The normalized spacial score (nSPS) is 10.5. The topological polar surface area (TPSA) is 67.8 Å². The van der Waals surface area contributed by atoms with Gasteiger partial charge in [-0.3, -0.25) is 4.79 Å². The number of amides is 1. The Labute approximate surface area is 135 Å². The maximum Gasteiger partial charge on any atom is 0.387 e. The number of phenols is 1. The predicted octanol–water partition coefficient (Wildman–Crippen LogP) is 3.91. The van der Waals surface area contributed by atoms with E-state index in [0.717, 1.165) is 0 Å². The van der Waals surface area contributed by atoms with E-state index in [1.54, 1.807) is 0 Å². The summed E-state index contributed by atoms with van der Waals surface area (Å²) < 4.78 is 33.7. The van der Waals surface area contributed by atoms with Gasteiger partial charge >= 0.3 is 6.61 Å². The summed E-state index contributed by atoms with van der Waals surface area (Å²) >= 11 is 5.79. The van der Waals surface area contributed by atoms with Gasteiger partial charge < -0.3 is 19.9 Å². The van der Waals surface area contributed by atoms with Gasteiger partial charge in [0.2, 0.25) is 0 Å². The summed E-state index contributed by atoms with van der Waals surface area (Å²) in [6.07, 6.45) is 0. The van der Waals surface area contributed by atoms with Crippen molar-refractivity contribution in [2.75, 3.05) is 12.4 Å². The maximum atomic E-state index is 12.3. The van der Waals surface area contributed by atoms with E-state index < -0.39 is 12.5 Å². The van der Waals surface area contributed by atoms with Crippen LogP contribution in [0.5, 0.6) is 17.2 Å². The molecule has 0 unspecified atom stereocenters. The van der Waals surface area contributed by atoms with Crippen LogP contribution in [-0.4, -0.2) is 24.7 Å². The van der Waals surface area contributed by atoms with Crippen LogP contribution in [0.15, 0.2) is 36.4 Å². The molecule has 2 rings (SSSR count). The number of halogens is 3. The fraction of sp³-hybridized carbons (Fsp3) is 0.133. The lowest BCUT2D eigenvalue weighted by Crippen LogP contribution is -2.12. The standard InChI is InChI=1S/C15H12ClF2NO4/c1-22-13-6-8(2-5-12(13)23-15(17)18)14(21)19-10-7-9(16)3-4-11(10)20/h2-7,15,20H,1H3,(H,19,21). The van der Waals surface area contributed by atoms with Crippen LogP contribution in [0.25, 0.3) is 0 Å².